The third-order valence-corrected chi connectivity index (χ3v) is 6.22. The van der Waals surface area contributed by atoms with E-state index in [9.17, 15) is 0 Å². The Labute approximate surface area is 121 Å². The lowest BCUT2D eigenvalue weighted by Crippen LogP contribution is -2.31. The molecular formula is C17H25NS. The van der Waals surface area contributed by atoms with E-state index in [1.54, 1.807) is 5.56 Å². The second kappa shape index (κ2) is 5.88. The third kappa shape index (κ3) is 2.71. The lowest BCUT2D eigenvalue weighted by atomic mass is 9.78. The highest BCUT2D eigenvalue weighted by atomic mass is 32.2. The number of nitrogens with two attached hydrogens (primary N) is 1. The van der Waals surface area contributed by atoms with Gasteiger partial charge in [0.05, 0.1) is 0 Å². The fourth-order valence-corrected chi connectivity index (χ4v) is 4.91. The molecule has 1 saturated heterocycles. The summed E-state index contributed by atoms with van der Waals surface area (Å²) in [6, 6.07) is 9.50. The largest absolute Gasteiger partial charge is 0.330 e. The Kier molecular flexibility index (Phi) is 4.18. The van der Waals surface area contributed by atoms with E-state index in [1.807, 2.05) is 0 Å². The van der Waals surface area contributed by atoms with Crippen LogP contribution in [0.5, 0.6) is 0 Å². The summed E-state index contributed by atoms with van der Waals surface area (Å²) < 4.78 is 0. The summed E-state index contributed by atoms with van der Waals surface area (Å²) in [6.07, 6.45) is 7.96. The second-order valence-electron chi connectivity index (χ2n) is 6.20. The van der Waals surface area contributed by atoms with Crippen molar-refractivity contribution in [1.29, 1.82) is 0 Å². The van der Waals surface area contributed by atoms with Gasteiger partial charge in [-0.25, -0.2) is 0 Å². The van der Waals surface area contributed by atoms with E-state index >= 15 is 0 Å². The van der Waals surface area contributed by atoms with Crippen LogP contribution in [0.25, 0.3) is 0 Å². The molecule has 0 atom stereocenters. The summed E-state index contributed by atoms with van der Waals surface area (Å²) in [5.41, 5.74) is 9.41. The summed E-state index contributed by atoms with van der Waals surface area (Å²) in [4.78, 5) is 0. The zero-order chi connectivity index (χ0) is 13.1. The maximum atomic E-state index is 6.08. The molecule has 2 heteroatoms. The van der Waals surface area contributed by atoms with E-state index < -0.39 is 0 Å². The Morgan fingerprint density at radius 1 is 1.05 bits per heavy atom. The van der Waals surface area contributed by atoms with Crippen LogP contribution >= 0.6 is 11.8 Å². The lowest BCUT2D eigenvalue weighted by molar-refractivity contribution is 0.452. The first kappa shape index (κ1) is 13.5. The highest BCUT2D eigenvalue weighted by molar-refractivity contribution is 7.99. The quantitative estimate of drug-likeness (QED) is 0.900. The predicted molar refractivity (Wildman–Crippen MR) is 84.9 cm³/mol. The number of hydrogen-bond donors (Lipinski definition) is 1. The molecule has 19 heavy (non-hydrogen) atoms. The van der Waals surface area contributed by atoms with Crippen molar-refractivity contribution in [3.63, 3.8) is 0 Å². The maximum Gasteiger partial charge on any atom is 0.00755 e. The second-order valence-corrected chi connectivity index (χ2v) is 7.42. The molecule has 0 radical (unpaired) electrons. The van der Waals surface area contributed by atoms with Crippen molar-refractivity contribution in [3.05, 3.63) is 35.4 Å². The van der Waals surface area contributed by atoms with E-state index in [0.29, 0.717) is 5.41 Å². The van der Waals surface area contributed by atoms with Gasteiger partial charge >= 0.3 is 0 Å². The highest BCUT2D eigenvalue weighted by Gasteiger charge is 2.34. The smallest absolute Gasteiger partial charge is 0.00755 e. The molecular weight excluding hydrogens is 250 g/mol. The average molecular weight is 275 g/mol. The van der Waals surface area contributed by atoms with Crippen LogP contribution < -0.4 is 5.73 Å². The van der Waals surface area contributed by atoms with Crippen molar-refractivity contribution >= 4 is 11.8 Å². The monoisotopic (exact) mass is 275 g/mol. The molecule has 2 N–H and O–H groups in total. The lowest BCUT2D eigenvalue weighted by Gasteiger charge is -2.29. The molecule has 3 rings (SSSR count). The number of hydrogen-bond acceptors (Lipinski definition) is 2. The molecule has 1 nitrogen and oxygen atoms in total. The van der Waals surface area contributed by atoms with Crippen LogP contribution in [0.15, 0.2) is 24.3 Å². The van der Waals surface area contributed by atoms with Gasteiger partial charge in [-0.05, 0) is 54.2 Å². The van der Waals surface area contributed by atoms with Gasteiger partial charge in [-0.15, -0.1) is 0 Å². The van der Waals surface area contributed by atoms with Crippen LogP contribution in [0.2, 0.25) is 0 Å². The van der Waals surface area contributed by atoms with E-state index in [0.717, 1.165) is 12.5 Å². The Morgan fingerprint density at radius 3 is 2.26 bits per heavy atom. The SMILES string of the molecule is NCC1(c2ccc(C3CCSCC3)cc2)CCCC1. The molecule has 2 fully saturated rings. The fourth-order valence-electron chi connectivity index (χ4n) is 3.80. The minimum Gasteiger partial charge on any atom is -0.330 e. The van der Waals surface area contributed by atoms with Gasteiger partial charge in [-0.2, -0.15) is 11.8 Å². The van der Waals surface area contributed by atoms with Crippen LogP contribution in [0.1, 0.15) is 55.6 Å². The Morgan fingerprint density at radius 2 is 1.68 bits per heavy atom. The number of thioether (sulfide) groups is 1. The Balaban J connectivity index is 1.78. The zero-order valence-corrected chi connectivity index (χ0v) is 12.6. The van der Waals surface area contributed by atoms with Crippen LogP contribution in [0, 0.1) is 0 Å². The highest BCUT2D eigenvalue weighted by Crippen LogP contribution is 2.41. The van der Waals surface area contributed by atoms with E-state index in [-0.39, 0.29) is 0 Å². The minimum absolute atomic E-state index is 0.293. The van der Waals surface area contributed by atoms with Crippen molar-refractivity contribution in [3.8, 4) is 0 Å². The molecule has 0 spiro atoms. The van der Waals surface area contributed by atoms with Gasteiger partial charge in [0.15, 0.2) is 0 Å². The van der Waals surface area contributed by atoms with Crippen LogP contribution in [0.4, 0.5) is 0 Å². The summed E-state index contributed by atoms with van der Waals surface area (Å²) >= 11 is 2.10. The van der Waals surface area contributed by atoms with Gasteiger partial charge < -0.3 is 5.73 Å². The van der Waals surface area contributed by atoms with Crippen molar-refractivity contribution in [2.75, 3.05) is 18.1 Å². The van der Waals surface area contributed by atoms with Crippen molar-refractivity contribution in [1.82, 2.24) is 0 Å². The first-order valence-electron chi connectivity index (χ1n) is 7.72. The molecule has 0 bridgehead atoms. The van der Waals surface area contributed by atoms with Gasteiger partial charge in [0, 0.05) is 12.0 Å². The molecule has 0 aromatic heterocycles. The van der Waals surface area contributed by atoms with Gasteiger partial charge in [0.1, 0.15) is 0 Å². The number of rotatable bonds is 3. The topological polar surface area (TPSA) is 26.0 Å². The summed E-state index contributed by atoms with van der Waals surface area (Å²) in [5.74, 6) is 3.46. The first-order valence-corrected chi connectivity index (χ1v) is 8.88. The fraction of sp³-hybridized carbons (Fsp3) is 0.647. The Hall–Kier alpha value is -0.470. The third-order valence-electron chi connectivity index (χ3n) is 5.17. The van der Waals surface area contributed by atoms with E-state index in [2.05, 4.69) is 36.0 Å². The molecule has 2 aliphatic rings. The van der Waals surface area contributed by atoms with Crippen molar-refractivity contribution < 1.29 is 0 Å². The average Bonchev–Trinajstić information content (AvgIpc) is 2.98. The summed E-state index contributed by atoms with van der Waals surface area (Å²) in [7, 11) is 0. The predicted octanol–water partition coefficient (Wildman–Crippen LogP) is 4.07. The minimum atomic E-state index is 0.293. The standard InChI is InChI=1S/C17H25NS/c18-13-17(9-1-2-10-17)16-5-3-14(4-6-16)15-7-11-19-12-8-15/h3-6,15H,1-2,7-13,18H2. The summed E-state index contributed by atoms with van der Waals surface area (Å²) in [5, 5.41) is 0. The summed E-state index contributed by atoms with van der Waals surface area (Å²) in [6.45, 7) is 0.812. The van der Waals surface area contributed by atoms with E-state index in [1.165, 1.54) is 55.6 Å². The van der Waals surface area contributed by atoms with Crippen molar-refractivity contribution in [2.45, 2.75) is 49.9 Å². The first-order chi connectivity index (χ1) is 9.34. The molecule has 1 heterocycles. The van der Waals surface area contributed by atoms with Crippen LogP contribution in [-0.2, 0) is 5.41 Å². The van der Waals surface area contributed by atoms with E-state index in [4.69, 9.17) is 5.73 Å². The number of benzene rings is 1. The molecule has 1 aromatic rings. The van der Waals surface area contributed by atoms with Gasteiger partial charge in [-0.1, -0.05) is 37.1 Å². The molecule has 1 saturated carbocycles. The van der Waals surface area contributed by atoms with Crippen LogP contribution in [-0.4, -0.2) is 18.1 Å². The van der Waals surface area contributed by atoms with Gasteiger partial charge in [0.25, 0.3) is 0 Å². The maximum absolute atomic E-state index is 6.08. The van der Waals surface area contributed by atoms with Crippen molar-refractivity contribution in [2.24, 2.45) is 5.73 Å². The molecule has 0 unspecified atom stereocenters. The molecule has 1 aromatic carbocycles. The normalized spacial score (nSPS) is 23.6. The van der Waals surface area contributed by atoms with Crippen LogP contribution in [0.3, 0.4) is 0 Å². The zero-order valence-electron chi connectivity index (χ0n) is 11.7. The molecule has 1 aliphatic carbocycles. The Bertz CT molecular complexity index is 400. The van der Waals surface area contributed by atoms with Gasteiger partial charge in [-0.3, -0.25) is 0 Å². The van der Waals surface area contributed by atoms with Gasteiger partial charge in [0.2, 0.25) is 0 Å². The molecule has 0 amide bonds. The molecule has 1 aliphatic heterocycles. The molecule has 104 valence electrons.